The average Bonchev–Trinajstić information content (AvgIpc) is 2.73. The molecule has 0 aliphatic carbocycles. The van der Waals surface area contributed by atoms with Crippen molar-refractivity contribution in [2.75, 3.05) is 26.2 Å². The molecule has 0 saturated carbocycles. The molecule has 0 spiro atoms. The van der Waals surface area contributed by atoms with Gasteiger partial charge >= 0.3 is 0 Å². The standard InChI is InChI=1S/C27H30ClF2N3O2/c1-16(2)32-12-22(13-32)35-27-18(9-20(30)11-24(27)28)8-17(3)33-14-21(15-33)34-26-6-7-31-25-5-4-19(29)10-23(25)26/h4-7,9-11,16-17,21-22H,8,12-15H2,1-3H3. The van der Waals surface area contributed by atoms with Crippen molar-refractivity contribution in [3.63, 3.8) is 0 Å². The van der Waals surface area contributed by atoms with Gasteiger partial charge in [-0.1, -0.05) is 11.6 Å². The number of likely N-dealkylation sites (tertiary alicyclic amines) is 2. The van der Waals surface area contributed by atoms with E-state index in [9.17, 15) is 8.78 Å². The summed E-state index contributed by atoms with van der Waals surface area (Å²) in [5.41, 5.74) is 1.48. The normalized spacial score (nSPS) is 18.5. The van der Waals surface area contributed by atoms with E-state index >= 15 is 0 Å². The summed E-state index contributed by atoms with van der Waals surface area (Å²) in [7, 11) is 0. The van der Waals surface area contributed by atoms with Crippen LogP contribution in [-0.4, -0.2) is 65.3 Å². The van der Waals surface area contributed by atoms with E-state index < -0.39 is 0 Å². The van der Waals surface area contributed by atoms with E-state index in [-0.39, 0.29) is 29.9 Å². The fourth-order valence-electron chi connectivity index (χ4n) is 4.76. The maximum Gasteiger partial charge on any atom is 0.141 e. The molecule has 2 aromatic carbocycles. The van der Waals surface area contributed by atoms with Gasteiger partial charge < -0.3 is 9.47 Å². The second-order valence-electron chi connectivity index (χ2n) is 9.88. The first-order valence-electron chi connectivity index (χ1n) is 12.1. The lowest BCUT2D eigenvalue weighted by atomic mass is 10.0. The van der Waals surface area contributed by atoms with Gasteiger partial charge in [-0.15, -0.1) is 0 Å². The molecular formula is C27H30ClF2N3O2. The molecule has 2 aliphatic rings. The fourth-order valence-corrected chi connectivity index (χ4v) is 5.03. The smallest absolute Gasteiger partial charge is 0.141 e. The van der Waals surface area contributed by atoms with Gasteiger partial charge in [0.2, 0.25) is 0 Å². The Morgan fingerprint density at radius 2 is 1.66 bits per heavy atom. The van der Waals surface area contributed by atoms with Crippen LogP contribution in [0.2, 0.25) is 5.02 Å². The number of ether oxygens (including phenoxy) is 2. The van der Waals surface area contributed by atoms with E-state index in [2.05, 4.69) is 35.6 Å². The minimum atomic E-state index is -0.358. The molecule has 0 N–H and O–H groups in total. The van der Waals surface area contributed by atoms with Crippen LogP contribution >= 0.6 is 11.6 Å². The van der Waals surface area contributed by atoms with Gasteiger partial charge in [0.15, 0.2) is 0 Å². The molecule has 1 atom stereocenters. The first-order chi connectivity index (χ1) is 16.8. The number of fused-ring (bicyclic) bond motifs is 1. The van der Waals surface area contributed by atoms with Gasteiger partial charge in [-0.3, -0.25) is 14.8 Å². The number of benzene rings is 2. The summed E-state index contributed by atoms with van der Waals surface area (Å²) >= 11 is 6.40. The third-order valence-electron chi connectivity index (χ3n) is 6.95. The second kappa shape index (κ2) is 9.88. The topological polar surface area (TPSA) is 37.8 Å². The lowest BCUT2D eigenvalue weighted by Gasteiger charge is -2.43. The molecule has 0 amide bonds. The molecule has 5 rings (SSSR count). The molecule has 2 saturated heterocycles. The van der Waals surface area contributed by atoms with Crippen molar-refractivity contribution < 1.29 is 18.3 Å². The molecule has 8 heteroatoms. The highest BCUT2D eigenvalue weighted by Crippen LogP contribution is 2.35. The molecule has 2 fully saturated rings. The van der Waals surface area contributed by atoms with Crippen LogP contribution < -0.4 is 9.47 Å². The summed E-state index contributed by atoms with van der Waals surface area (Å²) in [6, 6.07) is 9.75. The monoisotopic (exact) mass is 501 g/mol. The zero-order valence-electron chi connectivity index (χ0n) is 20.2. The van der Waals surface area contributed by atoms with E-state index in [0.717, 1.165) is 31.7 Å². The number of rotatable bonds is 8. The third-order valence-corrected chi connectivity index (χ3v) is 7.23. The van der Waals surface area contributed by atoms with Crippen molar-refractivity contribution in [3.8, 4) is 11.5 Å². The van der Waals surface area contributed by atoms with Gasteiger partial charge in [-0.05, 0) is 63.6 Å². The van der Waals surface area contributed by atoms with Crippen LogP contribution in [-0.2, 0) is 6.42 Å². The van der Waals surface area contributed by atoms with Crippen LogP contribution in [0.1, 0.15) is 26.3 Å². The Balaban J connectivity index is 1.21. The Kier molecular flexibility index (Phi) is 6.84. The predicted octanol–water partition coefficient (Wildman–Crippen LogP) is 5.33. The summed E-state index contributed by atoms with van der Waals surface area (Å²) in [5, 5.41) is 0.985. The molecule has 186 valence electrons. The molecule has 1 unspecified atom stereocenters. The van der Waals surface area contributed by atoms with Crippen LogP contribution in [0.3, 0.4) is 0 Å². The second-order valence-corrected chi connectivity index (χ2v) is 10.3. The van der Waals surface area contributed by atoms with E-state index in [1.165, 1.54) is 24.3 Å². The van der Waals surface area contributed by atoms with Crippen LogP contribution in [0, 0.1) is 11.6 Å². The van der Waals surface area contributed by atoms with Crippen molar-refractivity contribution >= 4 is 22.5 Å². The van der Waals surface area contributed by atoms with Gasteiger partial charge in [-0.25, -0.2) is 8.78 Å². The summed E-state index contributed by atoms with van der Waals surface area (Å²) in [4.78, 5) is 8.88. The quantitative estimate of drug-likeness (QED) is 0.417. The van der Waals surface area contributed by atoms with Crippen molar-refractivity contribution in [3.05, 3.63) is 64.8 Å². The zero-order valence-corrected chi connectivity index (χ0v) is 20.9. The van der Waals surface area contributed by atoms with E-state index in [1.807, 2.05) is 0 Å². The van der Waals surface area contributed by atoms with E-state index in [1.54, 1.807) is 18.3 Å². The lowest BCUT2D eigenvalue weighted by Crippen LogP contribution is -2.57. The number of aromatic nitrogens is 1. The largest absolute Gasteiger partial charge is 0.487 e. The summed E-state index contributed by atoms with van der Waals surface area (Å²) in [6.45, 7) is 9.58. The molecule has 35 heavy (non-hydrogen) atoms. The highest BCUT2D eigenvalue weighted by Gasteiger charge is 2.34. The highest BCUT2D eigenvalue weighted by molar-refractivity contribution is 6.32. The zero-order chi connectivity index (χ0) is 24.7. The Bertz CT molecular complexity index is 1210. The number of nitrogens with zero attached hydrogens (tertiary/aromatic N) is 3. The maximum atomic E-state index is 14.2. The van der Waals surface area contributed by atoms with Crippen molar-refractivity contribution in [1.29, 1.82) is 0 Å². The summed E-state index contributed by atoms with van der Waals surface area (Å²) in [6.07, 6.45) is 2.35. The lowest BCUT2D eigenvalue weighted by molar-refractivity contribution is -0.00652. The van der Waals surface area contributed by atoms with Crippen LogP contribution in [0.15, 0.2) is 42.6 Å². The Hall–Kier alpha value is -2.48. The fraction of sp³-hybridized carbons (Fsp3) is 0.444. The first-order valence-corrected chi connectivity index (χ1v) is 12.5. The molecule has 3 heterocycles. The van der Waals surface area contributed by atoms with Crippen molar-refractivity contribution in [2.24, 2.45) is 0 Å². The highest BCUT2D eigenvalue weighted by atomic mass is 35.5. The first kappa shape index (κ1) is 24.2. The predicted molar refractivity (Wildman–Crippen MR) is 133 cm³/mol. The van der Waals surface area contributed by atoms with E-state index in [4.69, 9.17) is 21.1 Å². The minimum absolute atomic E-state index is 0.00451. The van der Waals surface area contributed by atoms with Crippen LogP contribution in [0.5, 0.6) is 11.5 Å². The van der Waals surface area contributed by atoms with Crippen molar-refractivity contribution in [2.45, 2.75) is 51.5 Å². The number of halogens is 3. The number of pyridine rings is 1. The third kappa shape index (κ3) is 5.22. The van der Waals surface area contributed by atoms with E-state index in [0.29, 0.717) is 39.9 Å². The molecule has 2 aliphatic heterocycles. The Morgan fingerprint density at radius 1 is 0.943 bits per heavy atom. The SMILES string of the molecule is CC(C)N1CC(Oc2c(Cl)cc(F)cc2CC(C)N2CC(Oc3ccnc4ccc(F)cc34)C2)C1. The van der Waals surface area contributed by atoms with Crippen molar-refractivity contribution in [1.82, 2.24) is 14.8 Å². The van der Waals surface area contributed by atoms with Gasteiger partial charge in [0.1, 0.15) is 35.3 Å². The molecule has 5 nitrogen and oxygen atoms in total. The maximum absolute atomic E-state index is 14.2. The molecular weight excluding hydrogens is 472 g/mol. The Morgan fingerprint density at radius 3 is 2.40 bits per heavy atom. The van der Waals surface area contributed by atoms with Crippen LogP contribution in [0.4, 0.5) is 8.78 Å². The molecule has 1 aromatic heterocycles. The Labute approximate surface area is 209 Å². The van der Waals surface area contributed by atoms with Gasteiger partial charge in [0, 0.05) is 55.4 Å². The summed E-state index contributed by atoms with van der Waals surface area (Å²) < 4.78 is 40.3. The van der Waals surface area contributed by atoms with Gasteiger partial charge in [0.05, 0.1) is 10.5 Å². The summed E-state index contributed by atoms with van der Waals surface area (Å²) in [5.74, 6) is 0.552. The average molecular weight is 502 g/mol. The number of hydrogen-bond donors (Lipinski definition) is 0. The molecule has 0 bridgehead atoms. The van der Waals surface area contributed by atoms with Gasteiger partial charge in [0.25, 0.3) is 0 Å². The van der Waals surface area contributed by atoms with Crippen LogP contribution in [0.25, 0.3) is 10.9 Å². The number of hydrogen-bond acceptors (Lipinski definition) is 5. The van der Waals surface area contributed by atoms with Gasteiger partial charge in [-0.2, -0.15) is 0 Å². The molecule has 3 aromatic rings. The minimum Gasteiger partial charge on any atom is -0.487 e. The molecule has 0 radical (unpaired) electrons.